The molecule has 13 heavy (non-hydrogen) atoms. The smallest absolute Gasteiger partial charge is 0.119 e. The van der Waals surface area contributed by atoms with Crippen molar-refractivity contribution in [2.75, 3.05) is 5.73 Å². The summed E-state index contributed by atoms with van der Waals surface area (Å²) >= 11 is 5.97. The predicted octanol–water partition coefficient (Wildman–Crippen LogP) is 3.14. The zero-order valence-corrected chi connectivity index (χ0v) is 8.60. The molecule has 0 aliphatic heterocycles. The van der Waals surface area contributed by atoms with E-state index in [4.69, 9.17) is 17.3 Å². The number of anilines is 1. The van der Waals surface area contributed by atoms with E-state index >= 15 is 0 Å². The molecule has 0 heterocycles. The Morgan fingerprint density at radius 3 is 2.62 bits per heavy atom. The molecular formula is C10H14ClNO. The summed E-state index contributed by atoms with van der Waals surface area (Å²) in [6, 6.07) is 3.06. The molecule has 1 unspecified atom stereocenters. The highest BCUT2D eigenvalue weighted by Crippen LogP contribution is 2.34. The molecule has 1 atom stereocenters. The van der Waals surface area contributed by atoms with Crippen molar-refractivity contribution >= 4 is 17.3 Å². The normalized spacial score (nSPS) is 12.8. The van der Waals surface area contributed by atoms with E-state index in [0.717, 1.165) is 12.0 Å². The van der Waals surface area contributed by atoms with Crippen molar-refractivity contribution in [3.63, 3.8) is 0 Å². The van der Waals surface area contributed by atoms with Crippen LogP contribution in [0.2, 0.25) is 5.02 Å². The Labute approximate surface area is 83.3 Å². The van der Waals surface area contributed by atoms with Crippen LogP contribution in [0.4, 0.5) is 5.69 Å². The van der Waals surface area contributed by atoms with Crippen LogP contribution in [0.25, 0.3) is 0 Å². The summed E-state index contributed by atoms with van der Waals surface area (Å²) in [5.41, 5.74) is 7.26. The van der Waals surface area contributed by atoms with Crippen molar-refractivity contribution < 1.29 is 5.11 Å². The summed E-state index contributed by atoms with van der Waals surface area (Å²) in [6.07, 6.45) is 0.981. The number of benzene rings is 1. The molecular weight excluding hydrogens is 186 g/mol. The van der Waals surface area contributed by atoms with Crippen molar-refractivity contribution in [1.29, 1.82) is 0 Å². The van der Waals surface area contributed by atoms with Crippen LogP contribution in [0.1, 0.15) is 31.7 Å². The standard InChI is InChI=1S/C10H14ClNO/c1-3-6(2)10-8(11)4-7(13)5-9(10)12/h4-6,13H,3,12H2,1-2H3. The number of hydrogen-bond donors (Lipinski definition) is 2. The minimum Gasteiger partial charge on any atom is -0.508 e. The van der Waals surface area contributed by atoms with E-state index in [0.29, 0.717) is 16.6 Å². The summed E-state index contributed by atoms with van der Waals surface area (Å²) in [5.74, 6) is 0.447. The minimum atomic E-state index is 0.120. The van der Waals surface area contributed by atoms with Gasteiger partial charge >= 0.3 is 0 Å². The van der Waals surface area contributed by atoms with Crippen LogP contribution in [-0.2, 0) is 0 Å². The van der Waals surface area contributed by atoms with E-state index in [1.165, 1.54) is 12.1 Å². The summed E-state index contributed by atoms with van der Waals surface area (Å²) in [4.78, 5) is 0. The lowest BCUT2D eigenvalue weighted by Crippen LogP contribution is -1.99. The zero-order chi connectivity index (χ0) is 10.0. The molecule has 1 rings (SSSR count). The Hall–Kier alpha value is -0.890. The average Bonchev–Trinajstić information content (AvgIpc) is 2.02. The van der Waals surface area contributed by atoms with Gasteiger partial charge in [-0.1, -0.05) is 25.4 Å². The SMILES string of the molecule is CCC(C)c1c(N)cc(O)cc1Cl. The van der Waals surface area contributed by atoms with Crippen LogP contribution in [0.3, 0.4) is 0 Å². The molecule has 0 bridgehead atoms. The number of halogens is 1. The highest BCUT2D eigenvalue weighted by molar-refractivity contribution is 6.32. The van der Waals surface area contributed by atoms with Crippen LogP contribution in [0, 0.1) is 0 Å². The lowest BCUT2D eigenvalue weighted by atomic mass is 9.97. The first-order valence-electron chi connectivity index (χ1n) is 4.34. The first kappa shape index (κ1) is 10.2. The Balaban J connectivity index is 3.20. The number of phenolic OH excluding ortho intramolecular Hbond substituents is 1. The fourth-order valence-corrected chi connectivity index (χ4v) is 1.76. The van der Waals surface area contributed by atoms with Crippen LogP contribution in [0.15, 0.2) is 12.1 Å². The Kier molecular flexibility index (Phi) is 3.04. The molecule has 0 spiro atoms. The lowest BCUT2D eigenvalue weighted by Gasteiger charge is -2.14. The minimum absolute atomic E-state index is 0.120. The maximum absolute atomic E-state index is 9.21. The molecule has 3 heteroatoms. The quantitative estimate of drug-likeness (QED) is 0.719. The van der Waals surface area contributed by atoms with Gasteiger partial charge in [0, 0.05) is 16.8 Å². The average molecular weight is 200 g/mol. The van der Waals surface area contributed by atoms with Gasteiger partial charge in [0.05, 0.1) is 0 Å². The van der Waals surface area contributed by atoms with Gasteiger partial charge in [0.2, 0.25) is 0 Å². The maximum Gasteiger partial charge on any atom is 0.119 e. The highest BCUT2D eigenvalue weighted by Gasteiger charge is 2.12. The van der Waals surface area contributed by atoms with Crippen molar-refractivity contribution in [2.24, 2.45) is 0 Å². The first-order valence-corrected chi connectivity index (χ1v) is 4.72. The van der Waals surface area contributed by atoms with E-state index in [-0.39, 0.29) is 5.75 Å². The summed E-state index contributed by atoms with van der Waals surface area (Å²) < 4.78 is 0. The highest BCUT2D eigenvalue weighted by atomic mass is 35.5. The van der Waals surface area contributed by atoms with Crippen molar-refractivity contribution in [2.45, 2.75) is 26.2 Å². The van der Waals surface area contributed by atoms with Crippen LogP contribution >= 0.6 is 11.6 Å². The van der Waals surface area contributed by atoms with E-state index < -0.39 is 0 Å². The van der Waals surface area contributed by atoms with Gasteiger partial charge in [-0.3, -0.25) is 0 Å². The van der Waals surface area contributed by atoms with E-state index in [9.17, 15) is 5.11 Å². The van der Waals surface area contributed by atoms with Crippen LogP contribution < -0.4 is 5.73 Å². The third-order valence-electron chi connectivity index (χ3n) is 2.25. The van der Waals surface area contributed by atoms with Gasteiger partial charge in [-0.15, -0.1) is 0 Å². The Bertz CT molecular complexity index is 289. The monoisotopic (exact) mass is 199 g/mol. The summed E-state index contributed by atoms with van der Waals surface area (Å²) in [7, 11) is 0. The second kappa shape index (κ2) is 3.88. The van der Waals surface area contributed by atoms with Gasteiger partial charge in [-0.25, -0.2) is 0 Å². The number of rotatable bonds is 2. The number of nitrogen functional groups attached to an aromatic ring is 1. The molecule has 0 radical (unpaired) electrons. The number of nitrogens with two attached hydrogens (primary N) is 1. The Morgan fingerprint density at radius 2 is 2.15 bits per heavy atom. The fraction of sp³-hybridized carbons (Fsp3) is 0.400. The van der Waals surface area contributed by atoms with Gasteiger partial charge in [0.15, 0.2) is 0 Å². The Morgan fingerprint density at radius 1 is 1.54 bits per heavy atom. The molecule has 0 aromatic heterocycles. The molecule has 1 aromatic carbocycles. The molecule has 1 aromatic rings. The number of aromatic hydroxyl groups is 1. The molecule has 3 N–H and O–H groups in total. The van der Waals surface area contributed by atoms with E-state index in [1.807, 2.05) is 0 Å². The third kappa shape index (κ3) is 2.07. The molecule has 72 valence electrons. The number of hydrogen-bond acceptors (Lipinski definition) is 2. The third-order valence-corrected chi connectivity index (χ3v) is 2.56. The molecule has 2 nitrogen and oxygen atoms in total. The van der Waals surface area contributed by atoms with Gasteiger partial charge in [0.25, 0.3) is 0 Å². The lowest BCUT2D eigenvalue weighted by molar-refractivity contribution is 0.475. The van der Waals surface area contributed by atoms with Crippen molar-refractivity contribution in [3.05, 3.63) is 22.7 Å². The fourth-order valence-electron chi connectivity index (χ4n) is 1.35. The van der Waals surface area contributed by atoms with Crippen LogP contribution in [0.5, 0.6) is 5.75 Å². The molecule has 0 amide bonds. The van der Waals surface area contributed by atoms with Gasteiger partial charge < -0.3 is 10.8 Å². The second-order valence-corrected chi connectivity index (χ2v) is 3.65. The van der Waals surface area contributed by atoms with Crippen molar-refractivity contribution in [1.82, 2.24) is 0 Å². The van der Waals surface area contributed by atoms with E-state index in [1.54, 1.807) is 0 Å². The molecule has 0 aliphatic rings. The molecule has 0 saturated carbocycles. The second-order valence-electron chi connectivity index (χ2n) is 3.24. The van der Waals surface area contributed by atoms with Crippen LogP contribution in [-0.4, -0.2) is 5.11 Å². The maximum atomic E-state index is 9.21. The van der Waals surface area contributed by atoms with E-state index in [2.05, 4.69) is 13.8 Å². The topological polar surface area (TPSA) is 46.2 Å². The largest absolute Gasteiger partial charge is 0.508 e. The molecule has 0 saturated heterocycles. The summed E-state index contributed by atoms with van der Waals surface area (Å²) in [5, 5.41) is 9.76. The molecule has 0 aliphatic carbocycles. The zero-order valence-electron chi connectivity index (χ0n) is 7.84. The predicted molar refractivity (Wildman–Crippen MR) is 56.2 cm³/mol. The number of phenols is 1. The molecule has 0 fully saturated rings. The summed E-state index contributed by atoms with van der Waals surface area (Å²) in [6.45, 7) is 4.14. The van der Waals surface area contributed by atoms with Gasteiger partial charge in [-0.05, 0) is 24.0 Å². The first-order chi connectivity index (χ1) is 6.06. The van der Waals surface area contributed by atoms with Gasteiger partial charge in [-0.2, -0.15) is 0 Å². The van der Waals surface area contributed by atoms with Crippen molar-refractivity contribution in [3.8, 4) is 5.75 Å². The van der Waals surface area contributed by atoms with Gasteiger partial charge in [0.1, 0.15) is 5.75 Å².